The first-order valence-corrected chi connectivity index (χ1v) is 7.45. The van der Waals surface area contributed by atoms with Gasteiger partial charge < -0.3 is 5.11 Å². The van der Waals surface area contributed by atoms with Gasteiger partial charge in [-0.3, -0.25) is 9.58 Å². The van der Waals surface area contributed by atoms with Crippen LogP contribution in [0.2, 0.25) is 5.02 Å². The van der Waals surface area contributed by atoms with Gasteiger partial charge in [0.15, 0.2) is 0 Å². The number of aromatic nitrogens is 2. The molecule has 2 rings (SSSR count). The Labute approximate surface area is 131 Å². The van der Waals surface area contributed by atoms with Crippen molar-refractivity contribution in [3.05, 3.63) is 51.8 Å². The molecule has 0 radical (unpaired) electrons. The second-order valence-corrected chi connectivity index (χ2v) is 5.83. The predicted molar refractivity (Wildman–Crippen MR) is 85.7 cm³/mol. The molecule has 114 valence electrons. The van der Waals surface area contributed by atoms with Crippen LogP contribution in [0.25, 0.3) is 0 Å². The Balaban J connectivity index is 2.16. The molecule has 1 aromatic carbocycles. The third-order valence-corrected chi connectivity index (χ3v) is 3.94. The minimum absolute atomic E-state index is 0.174. The van der Waals surface area contributed by atoms with Crippen LogP contribution in [-0.4, -0.2) is 40.0 Å². The second-order valence-electron chi connectivity index (χ2n) is 5.39. The third kappa shape index (κ3) is 4.06. The highest BCUT2D eigenvalue weighted by Crippen LogP contribution is 2.17. The van der Waals surface area contributed by atoms with E-state index in [1.165, 1.54) is 16.8 Å². The number of hydrogen-bond acceptors (Lipinski definition) is 3. The van der Waals surface area contributed by atoms with E-state index in [-0.39, 0.29) is 6.61 Å². The van der Waals surface area contributed by atoms with Crippen LogP contribution in [0, 0.1) is 13.8 Å². The number of hydrogen-bond donors (Lipinski definition) is 1. The van der Waals surface area contributed by atoms with Gasteiger partial charge in [-0.1, -0.05) is 23.7 Å². The first-order chi connectivity index (χ1) is 10.0. The summed E-state index contributed by atoms with van der Waals surface area (Å²) in [6.45, 7) is 6.52. The van der Waals surface area contributed by atoms with E-state index in [0.717, 1.165) is 23.8 Å². The van der Waals surface area contributed by atoms with Crippen LogP contribution in [0.4, 0.5) is 0 Å². The van der Waals surface area contributed by atoms with Crippen LogP contribution in [0.3, 0.4) is 0 Å². The van der Waals surface area contributed by atoms with Crippen molar-refractivity contribution in [1.29, 1.82) is 0 Å². The fourth-order valence-electron chi connectivity index (χ4n) is 2.40. The molecular formula is C16H22ClN3O. The van der Waals surface area contributed by atoms with Gasteiger partial charge in [0.05, 0.1) is 18.8 Å². The average Bonchev–Trinajstić information content (AvgIpc) is 2.69. The van der Waals surface area contributed by atoms with Gasteiger partial charge in [-0.25, -0.2) is 0 Å². The van der Waals surface area contributed by atoms with Crippen LogP contribution in [-0.2, 0) is 13.1 Å². The van der Waals surface area contributed by atoms with Crippen molar-refractivity contribution in [2.45, 2.75) is 26.9 Å². The van der Waals surface area contributed by atoms with E-state index in [0.29, 0.717) is 6.54 Å². The fraction of sp³-hybridized carbons (Fsp3) is 0.438. The van der Waals surface area contributed by atoms with Gasteiger partial charge >= 0.3 is 0 Å². The van der Waals surface area contributed by atoms with Crippen molar-refractivity contribution in [1.82, 2.24) is 14.7 Å². The number of aliphatic hydroxyl groups is 1. The maximum absolute atomic E-state index is 9.00. The van der Waals surface area contributed by atoms with E-state index in [9.17, 15) is 0 Å². The number of rotatable bonds is 6. The zero-order valence-electron chi connectivity index (χ0n) is 12.8. The van der Waals surface area contributed by atoms with E-state index < -0.39 is 0 Å². The molecule has 21 heavy (non-hydrogen) atoms. The molecule has 0 aliphatic rings. The molecule has 2 aromatic rings. The highest BCUT2D eigenvalue weighted by molar-refractivity contribution is 6.30. The van der Waals surface area contributed by atoms with Gasteiger partial charge in [-0.15, -0.1) is 0 Å². The van der Waals surface area contributed by atoms with Gasteiger partial charge in [0.1, 0.15) is 0 Å². The van der Waals surface area contributed by atoms with E-state index in [2.05, 4.69) is 16.9 Å². The summed E-state index contributed by atoms with van der Waals surface area (Å²) in [4.78, 5) is 2.10. The summed E-state index contributed by atoms with van der Waals surface area (Å²) in [7, 11) is 2.01. The van der Waals surface area contributed by atoms with Crippen molar-refractivity contribution in [2.75, 3.05) is 20.2 Å². The van der Waals surface area contributed by atoms with E-state index >= 15 is 0 Å². The van der Waals surface area contributed by atoms with E-state index in [1.54, 1.807) is 0 Å². The Morgan fingerprint density at radius 2 is 1.90 bits per heavy atom. The highest BCUT2D eigenvalue weighted by Gasteiger charge is 2.13. The van der Waals surface area contributed by atoms with Crippen molar-refractivity contribution in [3.8, 4) is 0 Å². The minimum Gasteiger partial charge on any atom is -0.395 e. The van der Waals surface area contributed by atoms with Crippen LogP contribution >= 0.6 is 11.6 Å². The molecule has 0 saturated heterocycles. The van der Waals surface area contributed by atoms with Gasteiger partial charge in [0.2, 0.25) is 0 Å². The highest BCUT2D eigenvalue weighted by atomic mass is 35.5. The second kappa shape index (κ2) is 7.07. The van der Waals surface area contributed by atoms with Gasteiger partial charge in [0, 0.05) is 29.4 Å². The molecule has 0 saturated carbocycles. The summed E-state index contributed by atoms with van der Waals surface area (Å²) < 4.78 is 2.03. The molecule has 0 aliphatic carbocycles. The summed E-state index contributed by atoms with van der Waals surface area (Å²) in [6, 6.07) is 7.85. The maximum atomic E-state index is 9.00. The van der Waals surface area contributed by atoms with Crippen molar-refractivity contribution in [2.24, 2.45) is 0 Å². The largest absolute Gasteiger partial charge is 0.395 e. The predicted octanol–water partition coefficient (Wildman–Crippen LogP) is 2.63. The van der Waals surface area contributed by atoms with E-state index in [1.807, 2.05) is 42.9 Å². The van der Waals surface area contributed by atoms with Crippen molar-refractivity contribution >= 4 is 11.6 Å². The Kier molecular flexibility index (Phi) is 5.39. The lowest BCUT2D eigenvalue weighted by Gasteiger charge is -2.15. The fourth-order valence-corrected chi connectivity index (χ4v) is 2.53. The maximum Gasteiger partial charge on any atom is 0.0662 e. The molecule has 0 atom stereocenters. The zero-order valence-corrected chi connectivity index (χ0v) is 13.6. The van der Waals surface area contributed by atoms with Crippen LogP contribution in [0.5, 0.6) is 0 Å². The SMILES string of the molecule is Cc1nn(Cc2ccc(Cl)cc2)c(C)c1CN(C)CCO. The van der Waals surface area contributed by atoms with Crippen molar-refractivity contribution in [3.63, 3.8) is 0 Å². The Morgan fingerprint density at radius 1 is 1.24 bits per heavy atom. The van der Waals surface area contributed by atoms with Gasteiger partial charge in [-0.05, 0) is 38.6 Å². The number of halogens is 1. The monoisotopic (exact) mass is 307 g/mol. The molecule has 0 spiro atoms. The molecule has 5 heteroatoms. The zero-order chi connectivity index (χ0) is 15.4. The number of aliphatic hydroxyl groups excluding tert-OH is 1. The Hall–Kier alpha value is -1.36. The molecule has 1 heterocycles. The van der Waals surface area contributed by atoms with Crippen molar-refractivity contribution < 1.29 is 5.11 Å². The van der Waals surface area contributed by atoms with Crippen LogP contribution in [0.1, 0.15) is 22.5 Å². The smallest absolute Gasteiger partial charge is 0.0662 e. The molecule has 0 fully saturated rings. The molecule has 4 nitrogen and oxygen atoms in total. The third-order valence-electron chi connectivity index (χ3n) is 3.69. The summed E-state index contributed by atoms with van der Waals surface area (Å²) in [5, 5.41) is 14.4. The summed E-state index contributed by atoms with van der Waals surface area (Å²) in [6.07, 6.45) is 0. The number of nitrogens with zero attached hydrogens (tertiary/aromatic N) is 3. The number of benzene rings is 1. The summed E-state index contributed by atoms with van der Waals surface area (Å²) in [5.41, 5.74) is 4.64. The molecular weight excluding hydrogens is 286 g/mol. The molecule has 0 amide bonds. The lowest BCUT2D eigenvalue weighted by molar-refractivity contribution is 0.217. The molecule has 1 N–H and O–H groups in total. The minimum atomic E-state index is 0.174. The van der Waals surface area contributed by atoms with Crippen LogP contribution < -0.4 is 0 Å². The lowest BCUT2D eigenvalue weighted by Crippen LogP contribution is -2.22. The summed E-state index contributed by atoms with van der Waals surface area (Å²) >= 11 is 5.91. The molecule has 0 unspecified atom stereocenters. The first-order valence-electron chi connectivity index (χ1n) is 7.08. The molecule has 1 aromatic heterocycles. The van der Waals surface area contributed by atoms with Gasteiger partial charge in [-0.2, -0.15) is 5.10 Å². The quantitative estimate of drug-likeness (QED) is 0.892. The standard InChI is InChI=1S/C16H22ClN3O/c1-12-16(11-19(3)8-9-21)13(2)20(18-12)10-14-4-6-15(17)7-5-14/h4-7,21H,8-11H2,1-3H3. The topological polar surface area (TPSA) is 41.3 Å². The number of likely N-dealkylation sites (N-methyl/N-ethyl adjacent to an activating group) is 1. The lowest BCUT2D eigenvalue weighted by atomic mass is 10.2. The van der Waals surface area contributed by atoms with Gasteiger partial charge in [0.25, 0.3) is 0 Å². The first kappa shape index (κ1) is 16.0. The van der Waals surface area contributed by atoms with Crippen LogP contribution in [0.15, 0.2) is 24.3 Å². The molecule has 0 bridgehead atoms. The normalized spacial score (nSPS) is 11.3. The summed E-state index contributed by atoms with van der Waals surface area (Å²) in [5.74, 6) is 0. The molecule has 0 aliphatic heterocycles. The Bertz CT molecular complexity index is 592. The Morgan fingerprint density at radius 3 is 2.52 bits per heavy atom. The average molecular weight is 308 g/mol. The van der Waals surface area contributed by atoms with E-state index in [4.69, 9.17) is 16.7 Å². The number of aryl methyl sites for hydroxylation is 1.